The fraction of sp³-hybridized carbons (Fsp3) is 0.188. The van der Waals surface area contributed by atoms with Gasteiger partial charge in [0.2, 0.25) is 0 Å². The average Bonchev–Trinajstić information content (AvgIpc) is 2.52. The predicted octanol–water partition coefficient (Wildman–Crippen LogP) is 1.72. The molecule has 1 aromatic rings. The molecule has 114 valence electrons. The standard InChI is InChI=1S/C16H15NO5/c1-22-13-7-5-11(10-12(13)16(20)21)6-8-15(19)17-9-3-2-4-14(17)18/h2,4-8,10H,3,9H2,1H3,(H,20,21)/b8-6+. The van der Waals surface area contributed by atoms with E-state index in [1.54, 1.807) is 12.1 Å². The maximum absolute atomic E-state index is 12.0. The summed E-state index contributed by atoms with van der Waals surface area (Å²) in [5.41, 5.74) is 0.542. The van der Waals surface area contributed by atoms with Gasteiger partial charge in [0.1, 0.15) is 11.3 Å². The van der Waals surface area contributed by atoms with Gasteiger partial charge in [0.05, 0.1) is 7.11 Å². The molecule has 1 heterocycles. The summed E-state index contributed by atoms with van der Waals surface area (Å²) in [6.45, 7) is 0.349. The summed E-state index contributed by atoms with van der Waals surface area (Å²) < 4.78 is 4.96. The molecule has 0 saturated heterocycles. The summed E-state index contributed by atoms with van der Waals surface area (Å²) in [7, 11) is 1.39. The monoisotopic (exact) mass is 301 g/mol. The zero-order chi connectivity index (χ0) is 16.1. The Bertz CT molecular complexity index is 675. The highest BCUT2D eigenvalue weighted by molar-refractivity contribution is 6.07. The van der Waals surface area contributed by atoms with Crippen LogP contribution < -0.4 is 4.74 Å². The van der Waals surface area contributed by atoms with Gasteiger partial charge < -0.3 is 9.84 Å². The Labute approximate surface area is 127 Å². The van der Waals surface area contributed by atoms with E-state index < -0.39 is 11.9 Å². The highest BCUT2D eigenvalue weighted by Gasteiger charge is 2.19. The van der Waals surface area contributed by atoms with Gasteiger partial charge in [-0.3, -0.25) is 14.5 Å². The van der Waals surface area contributed by atoms with E-state index in [4.69, 9.17) is 9.84 Å². The van der Waals surface area contributed by atoms with Crippen molar-refractivity contribution in [1.29, 1.82) is 0 Å². The Balaban J connectivity index is 2.18. The third-order valence-electron chi connectivity index (χ3n) is 3.18. The van der Waals surface area contributed by atoms with Gasteiger partial charge in [-0.1, -0.05) is 12.1 Å². The summed E-state index contributed by atoms with van der Waals surface area (Å²) in [5.74, 6) is -1.65. The summed E-state index contributed by atoms with van der Waals surface area (Å²) in [6, 6.07) is 4.55. The highest BCUT2D eigenvalue weighted by atomic mass is 16.5. The number of carboxylic acids is 1. The minimum Gasteiger partial charge on any atom is -0.496 e. The maximum Gasteiger partial charge on any atom is 0.339 e. The average molecular weight is 301 g/mol. The summed E-state index contributed by atoms with van der Waals surface area (Å²) in [5, 5.41) is 9.11. The van der Waals surface area contributed by atoms with Crippen molar-refractivity contribution in [2.45, 2.75) is 6.42 Å². The van der Waals surface area contributed by atoms with Crippen LogP contribution in [-0.4, -0.2) is 41.4 Å². The number of ether oxygens (including phenoxy) is 1. The Kier molecular flexibility index (Phi) is 4.73. The molecule has 1 N–H and O–H groups in total. The molecule has 0 fully saturated rings. The number of hydrogen-bond acceptors (Lipinski definition) is 4. The molecule has 6 nitrogen and oxygen atoms in total. The Morgan fingerprint density at radius 3 is 2.77 bits per heavy atom. The molecule has 0 aliphatic carbocycles. The molecule has 0 spiro atoms. The number of carboxylic acid groups (broad SMARTS) is 1. The molecule has 0 aromatic heterocycles. The molecule has 2 rings (SSSR count). The van der Waals surface area contributed by atoms with Crippen LogP contribution >= 0.6 is 0 Å². The smallest absolute Gasteiger partial charge is 0.339 e. The van der Waals surface area contributed by atoms with E-state index in [0.717, 1.165) is 4.90 Å². The van der Waals surface area contributed by atoms with Crippen molar-refractivity contribution in [3.8, 4) is 5.75 Å². The first-order valence-electron chi connectivity index (χ1n) is 6.64. The Morgan fingerprint density at radius 2 is 2.14 bits per heavy atom. The van der Waals surface area contributed by atoms with Crippen molar-refractivity contribution in [2.75, 3.05) is 13.7 Å². The van der Waals surface area contributed by atoms with E-state index in [2.05, 4.69) is 0 Å². The zero-order valence-electron chi connectivity index (χ0n) is 12.0. The van der Waals surface area contributed by atoms with Crippen LogP contribution in [0.2, 0.25) is 0 Å². The topological polar surface area (TPSA) is 83.9 Å². The maximum atomic E-state index is 12.0. The number of methoxy groups -OCH3 is 1. The van der Waals surface area contributed by atoms with E-state index in [0.29, 0.717) is 18.5 Å². The second-order valence-electron chi connectivity index (χ2n) is 4.62. The number of benzene rings is 1. The number of hydrogen-bond donors (Lipinski definition) is 1. The van der Waals surface area contributed by atoms with Crippen molar-refractivity contribution >= 4 is 23.9 Å². The van der Waals surface area contributed by atoms with E-state index in [1.807, 2.05) is 0 Å². The summed E-state index contributed by atoms with van der Waals surface area (Å²) in [4.78, 5) is 35.8. The largest absolute Gasteiger partial charge is 0.496 e. The lowest BCUT2D eigenvalue weighted by Gasteiger charge is -2.19. The minimum atomic E-state index is -1.12. The highest BCUT2D eigenvalue weighted by Crippen LogP contribution is 2.20. The third kappa shape index (κ3) is 3.41. The van der Waals surface area contributed by atoms with Gasteiger partial charge in [0, 0.05) is 12.6 Å². The molecule has 0 unspecified atom stereocenters. The first-order valence-corrected chi connectivity index (χ1v) is 6.64. The van der Waals surface area contributed by atoms with Crippen LogP contribution in [0, 0.1) is 0 Å². The molecule has 1 aliphatic heterocycles. The van der Waals surface area contributed by atoms with E-state index >= 15 is 0 Å². The SMILES string of the molecule is COc1ccc(/C=C/C(=O)N2CCC=CC2=O)cc1C(=O)O. The summed E-state index contributed by atoms with van der Waals surface area (Å²) in [6.07, 6.45) is 6.45. The van der Waals surface area contributed by atoms with Crippen molar-refractivity contribution < 1.29 is 24.2 Å². The summed E-state index contributed by atoms with van der Waals surface area (Å²) >= 11 is 0. The van der Waals surface area contributed by atoms with Crippen molar-refractivity contribution in [2.24, 2.45) is 0 Å². The molecule has 0 bridgehead atoms. The number of carbonyl (C=O) groups excluding carboxylic acids is 2. The van der Waals surface area contributed by atoms with Crippen LogP contribution in [0.4, 0.5) is 0 Å². The minimum absolute atomic E-state index is 0.00841. The number of carbonyl (C=O) groups is 3. The number of aromatic carboxylic acids is 1. The lowest BCUT2D eigenvalue weighted by Crippen LogP contribution is -2.37. The lowest BCUT2D eigenvalue weighted by atomic mass is 10.1. The van der Waals surface area contributed by atoms with E-state index in [-0.39, 0.29) is 17.2 Å². The lowest BCUT2D eigenvalue weighted by molar-refractivity contribution is -0.139. The molecule has 0 radical (unpaired) electrons. The van der Waals surface area contributed by atoms with Crippen LogP contribution in [0.25, 0.3) is 6.08 Å². The second-order valence-corrected chi connectivity index (χ2v) is 4.62. The van der Waals surface area contributed by atoms with Crippen LogP contribution in [0.15, 0.2) is 36.4 Å². The third-order valence-corrected chi connectivity index (χ3v) is 3.18. The van der Waals surface area contributed by atoms with Crippen molar-refractivity contribution in [3.05, 3.63) is 47.6 Å². The van der Waals surface area contributed by atoms with Crippen molar-refractivity contribution in [3.63, 3.8) is 0 Å². The normalized spacial score (nSPS) is 14.4. The van der Waals surface area contributed by atoms with Gasteiger partial charge in [-0.2, -0.15) is 0 Å². The fourth-order valence-corrected chi connectivity index (χ4v) is 2.06. The molecule has 1 aliphatic rings. The first kappa shape index (κ1) is 15.5. The van der Waals surface area contributed by atoms with Crippen LogP contribution in [-0.2, 0) is 9.59 Å². The van der Waals surface area contributed by atoms with Gasteiger partial charge in [-0.25, -0.2) is 4.79 Å². The first-order chi connectivity index (χ1) is 10.5. The van der Waals surface area contributed by atoms with Gasteiger partial charge in [0.25, 0.3) is 11.8 Å². The molecule has 6 heteroatoms. The van der Waals surface area contributed by atoms with E-state index in [1.165, 1.54) is 37.5 Å². The predicted molar refractivity (Wildman–Crippen MR) is 79.5 cm³/mol. The van der Waals surface area contributed by atoms with Crippen LogP contribution in [0.1, 0.15) is 22.3 Å². The van der Waals surface area contributed by atoms with Gasteiger partial charge in [-0.05, 0) is 36.3 Å². The number of amides is 2. The molecule has 22 heavy (non-hydrogen) atoms. The van der Waals surface area contributed by atoms with Gasteiger partial charge in [0.15, 0.2) is 0 Å². The number of rotatable bonds is 4. The number of nitrogens with zero attached hydrogens (tertiary/aromatic N) is 1. The molecular weight excluding hydrogens is 286 g/mol. The van der Waals surface area contributed by atoms with Gasteiger partial charge in [-0.15, -0.1) is 0 Å². The van der Waals surface area contributed by atoms with Gasteiger partial charge >= 0.3 is 5.97 Å². The molecular formula is C16H15NO5. The van der Waals surface area contributed by atoms with Crippen molar-refractivity contribution in [1.82, 2.24) is 4.90 Å². The fourth-order valence-electron chi connectivity index (χ4n) is 2.06. The van der Waals surface area contributed by atoms with Crippen LogP contribution in [0.3, 0.4) is 0 Å². The Morgan fingerprint density at radius 1 is 1.36 bits per heavy atom. The van der Waals surface area contributed by atoms with Crippen LogP contribution in [0.5, 0.6) is 5.75 Å². The quantitative estimate of drug-likeness (QED) is 0.856. The van der Waals surface area contributed by atoms with E-state index in [9.17, 15) is 14.4 Å². The Hall–Kier alpha value is -2.89. The number of imide groups is 1. The second kappa shape index (κ2) is 6.71. The molecule has 0 atom stereocenters. The zero-order valence-corrected chi connectivity index (χ0v) is 12.0. The molecule has 0 saturated carbocycles. The molecule has 1 aromatic carbocycles. The molecule has 2 amide bonds.